The van der Waals surface area contributed by atoms with E-state index in [4.69, 9.17) is 32.7 Å². The Balaban J connectivity index is 1.53. The van der Waals surface area contributed by atoms with Crippen LogP contribution in [0.3, 0.4) is 0 Å². The van der Waals surface area contributed by atoms with E-state index < -0.39 is 17.7 Å². The van der Waals surface area contributed by atoms with Crippen LogP contribution in [0.1, 0.15) is 25.3 Å². The van der Waals surface area contributed by atoms with Gasteiger partial charge in [-0.05, 0) is 61.0 Å². The quantitative estimate of drug-likeness (QED) is 0.103. The number of anilines is 2. The second kappa shape index (κ2) is 15.1. The van der Waals surface area contributed by atoms with Crippen molar-refractivity contribution in [1.29, 1.82) is 0 Å². The van der Waals surface area contributed by atoms with Crippen LogP contribution in [0.2, 0.25) is 10.0 Å². The molecule has 204 valence electrons. The van der Waals surface area contributed by atoms with E-state index in [0.29, 0.717) is 44.5 Å². The summed E-state index contributed by atoms with van der Waals surface area (Å²) in [6.45, 7) is 2.35. The summed E-state index contributed by atoms with van der Waals surface area (Å²) >= 11 is 15.4. The lowest BCUT2D eigenvalue weighted by Crippen LogP contribution is -2.32. The van der Waals surface area contributed by atoms with Crippen molar-refractivity contribution in [2.45, 2.75) is 19.8 Å². The van der Waals surface area contributed by atoms with Gasteiger partial charge in [-0.2, -0.15) is 5.10 Å². The van der Waals surface area contributed by atoms with E-state index in [1.807, 2.05) is 0 Å². The van der Waals surface area contributed by atoms with Crippen LogP contribution in [0.5, 0.6) is 11.5 Å². The highest BCUT2D eigenvalue weighted by molar-refractivity contribution is 9.10. The van der Waals surface area contributed by atoms with Gasteiger partial charge in [-0.1, -0.05) is 58.5 Å². The van der Waals surface area contributed by atoms with Crippen LogP contribution < -0.4 is 25.5 Å². The number of benzene rings is 3. The van der Waals surface area contributed by atoms with Gasteiger partial charge in [0.15, 0.2) is 6.61 Å². The van der Waals surface area contributed by atoms with Crippen LogP contribution in [-0.4, -0.2) is 37.1 Å². The van der Waals surface area contributed by atoms with E-state index in [9.17, 15) is 14.4 Å². The van der Waals surface area contributed by atoms with Crippen molar-refractivity contribution >= 4 is 74.4 Å². The molecule has 0 aliphatic rings. The van der Waals surface area contributed by atoms with Crippen molar-refractivity contribution in [2.75, 3.05) is 23.8 Å². The molecule has 3 amide bonds. The SMILES string of the molecule is CCCCOc1ccc(NC(=O)C(=O)N/N=C\c2cc(Br)ccc2OCC(=O)Nc2cccc(Cl)c2Cl)cc1. The van der Waals surface area contributed by atoms with Crippen molar-refractivity contribution in [3.05, 3.63) is 80.7 Å². The minimum absolute atomic E-state index is 0.220. The van der Waals surface area contributed by atoms with Crippen molar-refractivity contribution < 1.29 is 23.9 Å². The Bertz CT molecular complexity index is 1350. The molecule has 39 heavy (non-hydrogen) atoms. The monoisotopic (exact) mass is 634 g/mol. The van der Waals surface area contributed by atoms with Gasteiger partial charge in [0.1, 0.15) is 11.5 Å². The van der Waals surface area contributed by atoms with Crippen LogP contribution >= 0.6 is 39.1 Å². The Labute approximate surface area is 244 Å². The number of ether oxygens (including phenoxy) is 2. The minimum atomic E-state index is -0.968. The number of halogens is 3. The van der Waals surface area contributed by atoms with Gasteiger partial charge in [0.05, 0.1) is 28.6 Å². The lowest BCUT2D eigenvalue weighted by Gasteiger charge is -2.11. The molecule has 0 aliphatic heterocycles. The third-order valence-corrected chi connectivity index (χ3v) is 6.32. The zero-order valence-corrected chi connectivity index (χ0v) is 23.9. The number of rotatable bonds is 11. The highest BCUT2D eigenvalue weighted by Gasteiger charge is 2.14. The summed E-state index contributed by atoms with van der Waals surface area (Å²) in [6.07, 6.45) is 3.26. The fraction of sp³-hybridized carbons (Fsp3) is 0.185. The molecule has 0 fully saturated rings. The molecular formula is C27H25BrCl2N4O5. The standard InChI is InChI=1S/C27H25BrCl2N4O5/c1-2-3-13-38-20-10-8-19(9-11-20)32-26(36)27(37)34-31-15-17-14-18(28)7-12-23(17)39-16-24(35)33-22-6-4-5-21(29)25(22)30/h4-12,14-15H,2-3,13,16H2,1H3,(H,32,36)(H,33,35)(H,34,37)/b31-15-. The Morgan fingerprint density at radius 1 is 0.974 bits per heavy atom. The maximum atomic E-state index is 12.3. The average molecular weight is 636 g/mol. The minimum Gasteiger partial charge on any atom is -0.494 e. The van der Waals surface area contributed by atoms with Gasteiger partial charge >= 0.3 is 11.8 Å². The molecule has 0 atom stereocenters. The van der Waals surface area contributed by atoms with E-state index in [0.717, 1.165) is 12.8 Å². The number of hydrogen-bond acceptors (Lipinski definition) is 6. The highest BCUT2D eigenvalue weighted by atomic mass is 79.9. The summed E-state index contributed by atoms with van der Waals surface area (Å²) < 4.78 is 11.9. The molecule has 3 aromatic rings. The topological polar surface area (TPSA) is 118 Å². The molecule has 3 rings (SSSR count). The third kappa shape index (κ3) is 9.58. The lowest BCUT2D eigenvalue weighted by molar-refractivity contribution is -0.136. The van der Waals surface area contributed by atoms with Crippen molar-refractivity contribution in [1.82, 2.24) is 5.43 Å². The number of carbonyl (C=O) groups excluding carboxylic acids is 3. The number of carbonyl (C=O) groups is 3. The second-order valence-corrected chi connectivity index (χ2v) is 9.70. The summed E-state index contributed by atoms with van der Waals surface area (Å²) in [5, 5.41) is 9.48. The van der Waals surface area contributed by atoms with Crippen LogP contribution in [0, 0.1) is 0 Å². The fourth-order valence-electron chi connectivity index (χ4n) is 3.05. The molecule has 0 heterocycles. The Morgan fingerprint density at radius 3 is 2.49 bits per heavy atom. The molecule has 0 saturated carbocycles. The average Bonchev–Trinajstić information content (AvgIpc) is 2.92. The molecule has 9 nitrogen and oxygen atoms in total. The Hall–Kier alpha value is -3.60. The maximum Gasteiger partial charge on any atom is 0.329 e. The van der Waals surface area contributed by atoms with E-state index >= 15 is 0 Å². The molecule has 0 aromatic heterocycles. The Kier molecular flexibility index (Phi) is 11.6. The molecule has 12 heteroatoms. The largest absolute Gasteiger partial charge is 0.494 e. The van der Waals surface area contributed by atoms with E-state index in [1.54, 1.807) is 60.7 Å². The van der Waals surface area contributed by atoms with E-state index in [1.165, 1.54) is 6.21 Å². The van der Waals surface area contributed by atoms with Gasteiger partial charge in [-0.3, -0.25) is 14.4 Å². The molecule has 3 N–H and O–H groups in total. The summed E-state index contributed by atoms with van der Waals surface area (Å²) in [7, 11) is 0. The number of nitrogens with one attached hydrogen (secondary N) is 3. The first-order chi connectivity index (χ1) is 18.8. The van der Waals surface area contributed by atoms with Crippen LogP contribution in [0.15, 0.2) is 70.2 Å². The third-order valence-electron chi connectivity index (χ3n) is 5.01. The summed E-state index contributed by atoms with van der Waals surface area (Å²) in [5.74, 6) is -1.34. The van der Waals surface area contributed by atoms with Crippen molar-refractivity contribution in [3.8, 4) is 11.5 Å². The lowest BCUT2D eigenvalue weighted by atomic mass is 10.2. The van der Waals surface area contributed by atoms with Gasteiger partial charge in [0.25, 0.3) is 5.91 Å². The summed E-state index contributed by atoms with van der Waals surface area (Å²) in [4.78, 5) is 36.8. The zero-order chi connectivity index (χ0) is 28.2. The number of unbranched alkanes of at least 4 members (excludes halogenated alkanes) is 1. The van der Waals surface area contributed by atoms with Crippen molar-refractivity contribution in [2.24, 2.45) is 5.10 Å². The zero-order valence-electron chi connectivity index (χ0n) is 20.8. The smallest absolute Gasteiger partial charge is 0.329 e. The van der Waals surface area contributed by atoms with Crippen LogP contribution in [-0.2, 0) is 14.4 Å². The van der Waals surface area contributed by atoms with Gasteiger partial charge in [0.2, 0.25) is 0 Å². The molecule has 0 aliphatic carbocycles. The number of hydrazone groups is 1. The van der Waals surface area contributed by atoms with Gasteiger partial charge in [0, 0.05) is 15.7 Å². The first-order valence-electron chi connectivity index (χ1n) is 11.8. The molecular weight excluding hydrogens is 611 g/mol. The van der Waals surface area contributed by atoms with Gasteiger partial charge < -0.3 is 20.1 Å². The van der Waals surface area contributed by atoms with Crippen LogP contribution in [0.25, 0.3) is 0 Å². The first kappa shape index (κ1) is 29.9. The molecule has 0 unspecified atom stereocenters. The highest BCUT2D eigenvalue weighted by Crippen LogP contribution is 2.29. The number of nitrogens with zero attached hydrogens (tertiary/aromatic N) is 1. The maximum absolute atomic E-state index is 12.3. The first-order valence-corrected chi connectivity index (χ1v) is 13.3. The van der Waals surface area contributed by atoms with E-state index in [-0.39, 0.29) is 11.6 Å². The molecule has 3 aromatic carbocycles. The number of hydrogen-bond donors (Lipinski definition) is 3. The normalized spacial score (nSPS) is 10.7. The van der Waals surface area contributed by atoms with Gasteiger partial charge in [-0.25, -0.2) is 5.43 Å². The molecule has 0 radical (unpaired) electrons. The van der Waals surface area contributed by atoms with Crippen molar-refractivity contribution in [3.63, 3.8) is 0 Å². The second-order valence-electron chi connectivity index (χ2n) is 8.00. The summed E-state index contributed by atoms with van der Waals surface area (Å²) in [5.41, 5.74) is 3.40. The Morgan fingerprint density at radius 2 is 1.74 bits per heavy atom. The predicted octanol–water partition coefficient (Wildman–Crippen LogP) is 6.04. The molecule has 0 spiro atoms. The molecule has 0 saturated heterocycles. The summed E-state index contributed by atoms with van der Waals surface area (Å²) in [6, 6.07) is 16.6. The van der Waals surface area contributed by atoms with Crippen LogP contribution in [0.4, 0.5) is 11.4 Å². The number of amides is 3. The predicted molar refractivity (Wildman–Crippen MR) is 156 cm³/mol. The van der Waals surface area contributed by atoms with E-state index in [2.05, 4.69) is 44.0 Å². The van der Waals surface area contributed by atoms with Gasteiger partial charge in [-0.15, -0.1) is 0 Å². The fourth-order valence-corrected chi connectivity index (χ4v) is 3.78. The molecule has 0 bridgehead atoms.